The van der Waals surface area contributed by atoms with E-state index in [-0.39, 0.29) is 5.91 Å². The Morgan fingerprint density at radius 1 is 1.00 bits per heavy atom. The zero-order valence-corrected chi connectivity index (χ0v) is 16.3. The van der Waals surface area contributed by atoms with Gasteiger partial charge in [0.25, 0.3) is 5.91 Å². The first-order valence-electron chi connectivity index (χ1n) is 8.98. The number of methoxy groups -OCH3 is 1. The number of hydrogen-bond donors (Lipinski definition) is 1. The van der Waals surface area contributed by atoms with Gasteiger partial charge in [-0.3, -0.25) is 4.79 Å². The van der Waals surface area contributed by atoms with Gasteiger partial charge in [-0.05, 0) is 48.4 Å². The molecule has 3 aromatic rings. The Morgan fingerprint density at radius 3 is 2.46 bits per heavy atom. The summed E-state index contributed by atoms with van der Waals surface area (Å²) in [5.41, 5.74) is 9.65. The molecular formula is C23H24N2O3. The highest BCUT2D eigenvalue weighted by atomic mass is 16.5. The van der Waals surface area contributed by atoms with E-state index in [0.29, 0.717) is 35.0 Å². The fraction of sp³-hybridized carbons (Fsp3) is 0.174. The van der Waals surface area contributed by atoms with Gasteiger partial charge in [0.15, 0.2) is 0 Å². The van der Waals surface area contributed by atoms with Crippen LogP contribution in [-0.4, -0.2) is 20.1 Å². The number of ether oxygens (including phenoxy) is 2. The van der Waals surface area contributed by atoms with E-state index in [4.69, 9.17) is 15.2 Å². The van der Waals surface area contributed by atoms with Crippen molar-refractivity contribution in [3.05, 3.63) is 83.4 Å². The first-order valence-corrected chi connectivity index (χ1v) is 8.98. The number of anilines is 2. The lowest BCUT2D eigenvalue weighted by Crippen LogP contribution is -2.26. The van der Waals surface area contributed by atoms with Crippen LogP contribution in [0, 0.1) is 6.92 Å². The van der Waals surface area contributed by atoms with Crippen LogP contribution >= 0.6 is 0 Å². The Balaban J connectivity index is 1.86. The number of nitrogen functional groups attached to an aromatic ring is 1. The third kappa shape index (κ3) is 4.26. The molecule has 0 saturated carbocycles. The third-order valence-electron chi connectivity index (χ3n) is 4.50. The van der Waals surface area contributed by atoms with E-state index in [1.807, 2.05) is 55.5 Å². The molecule has 0 atom stereocenters. The minimum Gasteiger partial charge on any atom is -0.495 e. The smallest absolute Gasteiger partial charge is 0.258 e. The summed E-state index contributed by atoms with van der Waals surface area (Å²) in [7, 11) is 3.25. The molecular weight excluding hydrogens is 352 g/mol. The summed E-state index contributed by atoms with van der Waals surface area (Å²) in [4.78, 5) is 14.6. The molecule has 0 saturated heterocycles. The minimum absolute atomic E-state index is 0.174. The zero-order valence-electron chi connectivity index (χ0n) is 16.3. The van der Waals surface area contributed by atoms with Gasteiger partial charge in [0.2, 0.25) is 0 Å². The van der Waals surface area contributed by atoms with Gasteiger partial charge in [0, 0.05) is 12.6 Å². The summed E-state index contributed by atoms with van der Waals surface area (Å²) in [6, 6.07) is 20.7. The summed E-state index contributed by atoms with van der Waals surface area (Å²) < 4.78 is 11.3. The Bertz CT molecular complexity index is 971. The molecule has 3 aromatic carbocycles. The Kier molecular flexibility index (Phi) is 5.84. The van der Waals surface area contributed by atoms with Gasteiger partial charge in [0.05, 0.1) is 18.5 Å². The van der Waals surface area contributed by atoms with Crippen LogP contribution in [0.25, 0.3) is 0 Å². The van der Waals surface area contributed by atoms with Crippen LogP contribution < -0.4 is 20.1 Å². The standard InChI is InChI=1S/C23H24N2O3/c1-16-9-12-20(22(13-16)28-15-17-7-5-4-6-8-17)25(2)23(26)18-10-11-19(24)21(14-18)27-3/h4-14H,15,24H2,1-3H3. The van der Waals surface area contributed by atoms with Gasteiger partial charge in [-0.2, -0.15) is 0 Å². The normalized spacial score (nSPS) is 10.4. The molecule has 0 aliphatic rings. The average molecular weight is 376 g/mol. The minimum atomic E-state index is -0.174. The number of nitrogens with two attached hydrogens (primary N) is 1. The van der Waals surface area contributed by atoms with Gasteiger partial charge in [-0.1, -0.05) is 36.4 Å². The molecule has 5 heteroatoms. The predicted octanol–water partition coefficient (Wildman–Crippen LogP) is 4.44. The van der Waals surface area contributed by atoms with Gasteiger partial charge in [0.1, 0.15) is 18.1 Å². The fourth-order valence-corrected chi connectivity index (χ4v) is 2.90. The molecule has 0 aliphatic carbocycles. The van der Waals surface area contributed by atoms with E-state index >= 15 is 0 Å². The van der Waals surface area contributed by atoms with Crippen LogP contribution in [0.2, 0.25) is 0 Å². The highest BCUT2D eigenvalue weighted by molar-refractivity contribution is 6.07. The van der Waals surface area contributed by atoms with Crippen molar-refractivity contribution in [1.82, 2.24) is 0 Å². The second-order valence-corrected chi connectivity index (χ2v) is 6.57. The second-order valence-electron chi connectivity index (χ2n) is 6.57. The molecule has 5 nitrogen and oxygen atoms in total. The largest absolute Gasteiger partial charge is 0.495 e. The molecule has 0 unspecified atom stereocenters. The molecule has 0 bridgehead atoms. The molecule has 144 valence electrons. The molecule has 1 amide bonds. The second kappa shape index (κ2) is 8.48. The fourth-order valence-electron chi connectivity index (χ4n) is 2.90. The van der Waals surface area contributed by atoms with Gasteiger partial charge in [-0.25, -0.2) is 0 Å². The number of benzene rings is 3. The summed E-state index contributed by atoms with van der Waals surface area (Å²) >= 11 is 0. The lowest BCUT2D eigenvalue weighted by molar-refractivity contribution is 0.0992. The van der Waals surface area contributed by atoms with Crippen molar-refractivity contribution in [1.29, 1.82) is 0 Å². The molecule has 0 spiro atoms. The predicted molar refractivity (Wildman–Crippen MR) is 112 cm³/mol. The van der Waals surface area contributed by atoms with Crippen molar-refractivity contribution in [2.45, 2.75) is 13.5 Å². The number of rotatable bonds is 6. The Labute approximate surface area is 165 Å². The van der Waals surface area contributed by atoms with E-state index in [9.17, 15) is 4.79 Å². The molecule has 0 radical (unpaired) electrons. The van der Waals surface area contributed by atoms with Crippen LogP contribution in [0.15, 0.2) is 66.7 Å². The zero-order chi connectivity index (χ0) is 20.1. The number of carbonyl (C=O) groups is 1. The molecule has 2 N–H and O–H groups in total. The van der Waals surface area contributed by atoms with Gasteiger partial charge in [-0.15, -0.1) is 0 Å². The van der Waals surface area contributed by atoms with Crippen LogP contribution in [0.4, 0.5) is 11.4 Å². The van der Waals surface area contributed by atoms with Crippen molar-refractivity contribution < 1.29 is 14.3 Å². The lowest BCUT2D eigenvalue weighted by Gasteiger charge is -2.22. The van der Waals surface area contributed by atoms with Crippen LogP contribution in [-0.2, 0) is 6.61 Å². The molecule has 0 aromatic heterocycles. The third-order valence-corrected chi connectivity index (χ3v) is 4.50. The Morgan fingerprint density at radius 2 is 1.75 bits per heavy atom. The van der Waals surface area contributed by atoms with Crippen molar-refractivity contribution in [3.63, 3.8) is 0 Å². The van der Waals surface area contributed by atoms with E-state index in [0.717, 1.165) is 11.1 Å². The summed E-state index contributed by atoms with van der Waals surface area (Å²) in [6.07, 6.45) is 0. The van der Waals surface area contributed by atoms with Gasteiger partial charge >= 0.3 is 0 Å². The van der Waals surface area contributed by atoms with Crippen molar-refractivity contribution in [2.24, 2.45) is 0 Å². The lowest BCUT2D eigenvalue weighted by atomic mass is 10.1. The molecule has 28 heavy (non-hydrogen) atoms. The number of aryl methyl sites for hydroxylation is 1. The van der Waals surface area contributed by atoms with E-state index < -0.39 is 0 Å². The summed E-state index contributed by atoms with van der Waals surface area (Å²) in [5.74, 6) is 0.956. The maximum Gasteiger partial charge on any atom is 0.258 e. The van der Waals surface area contributed by atoms with Gasteiger partial charge < -0.3 is 20.1 Å². The summed E-state index contributed by atoms with van der Waals surface area (Å²) in [6.45, 7) is 2.42. The van der Waals surface area contributed by atoms with E-state index in [1.54, 1.807) is 30.1 Å². The average Bonchev–Trinajstić information content (AvgIpc) is 2.72. The molecule has 3 rings (SSSR count). The first-order chi connectivity index (χ1) is 13.5. The van der Waals surface area contributed by atoms with Crippen molar-refractivity contribution in [2.75, 3.05) is 24.8 Å². The maximum atomic E-state index is 13.0. The van der Waals surface area contributed by atoms with Crippen LogP contribution in [0.1, 0.15) is 21.5 Å². The molecule has 0 aliphatic heterocycles. The van der Waals surface area contributed by atoms with E-state index in [2.05, 4.69) is 0 Å². The number of hydrogen-bond acceptors (Lipinski definition) is 4. The Hall–Kier alpha value is -3.47. The van der Waals surface area contributed by atoms with E-state index in [1.165, 1.54) is 7.11 Å². The molecule has 0 fully saturated rings. The highest BCUT2D eigenvalue weighted by Crippen LogP contribution is 2.31. The number of amides is 1. The topological polar surface area (TPSA) is 64.8 Å². The SMILES string of the molecule is COc1cc(C(=O)N(C)c2ccc(C)cc2OCc2ccccc2)ccc1N. The molecule has 0 heterocycles. The van der Waals surface area contributed by atoms with Crippen molar-refractivity contribution >= 4 is 17.3 Å². The van der Waals surface area contributed by atoms with Crippen LogP contribution in [0.3, 0.4) is 0 Å². The number of carbonyl (C=O) groups excluding carboxylic acids is 1. The number of nitrogens with zero attached hydrogens (tertiary/aromatic N) is 1. The first kappa shape index (κ1) is 19.3. The summed E-state index contributed by atoms with van der Waals surface area (Å²) in [5, 5.41) is 0. The van der Waals surface area contributed by atoms with Crippen molar-refractivity contribution in [3.8, 4) is 11.5 Å². The quantitative estimate of drug-likeness (QED) is 0.646. The monoisotopic (exact) mass is 376 g/mol. The maximum absolute atomic E-state index is 13.0. The highest BCUT2D eigenvalue weighted by Gasteiger charge is 2.19. The van der Waals surface area contributed by atoms with Crippen LogP contribution in [0.5, 0.6) is 11.5 Å².